The van der Waals surface area contributed by atoms with E-state index in [0.717, 1.165) is 24.8 Å². The monoisotopic (exact) mass is 298 g/mol. The Morgan fingerprint density at radius 2 is 1.77 bits per heavy atom. The van der Waals surface area contributed by atoms with Crippen LogP contribution >= 0.6 is 0 Å². The van der Waals surface area contributed by atoms with Gasteiger partial charge in [-0.1, -0.05) is 35.4 Å². The number of allylic oxidation sites excluding steroid dienone is 4. The van der Waals surface area contributed by atoms with Crippen molar-refractivity contribution < 1.29 is 14.7 Å². The molecule has 3 nitrogen and oxygen atoms in total. The number of carbonyl (C=O) groups is 2. The van der Waals surface area contributed by atoms with Crippen molar-refractivity contribution in [1.29, 1.82) is 0 Å². The molecule has 22 heavy (non-hydrogen) atoms. The minimum absolute atomic E-state index is 0.338. The lowest BCUT2D eigenvalue weighted by Crippen LogP contribution is -2.20. The minimum atomic E-state index is -1.51. The Hall–Kier alpha value is -2.00. The fourth-order valence-corrected chi connectivity index (χ4v) is 2.53. The van der Waals surface area contributed by atoms with Crippen LogP contribution in [0.2, 0.25) is 0 Å². The standard InChI is InChI=1S/C19H22O3/c1-12(2)5-4-6-13(3)7-8-14-9-10-15-16(11-14)18(21)19(22)17(15)20/h5,7,9-11,19,22H,4,6,8H2,1-3H3/b13-7+. The van der Waals surface area contributed by atoms with E-state index in [1.54, 1.807) is 12.1 Å². The van der Waals surface area contributed by atoms with Crippen molar-refractivity contribution >= 4 is 11.6 Å². The van der Waals surface area contributed by atoms with Crippen molar-refractivity contribution in [3.8, 4) is 0 Å². The lowest BCUT2D eigenvalue weighted by Gasteiger charge is -2.03. The molecule has 0 fully saturated rings. The van der Waals surface area contributed by atoms with E-state index in [4.69, 9.17) is 0 Å². The predicted molar refractivity (Wildman–Crippen MR) is 87.2 cm³/mol. The Balaban J connectivity index is 2.05. The molecule has 0 saturated heterocycles. The molecule has 0 amide bonds. The Morgan fingerprint density at radius 3 is 2.45 bits per heavy atom. The van der Waals surface area contributed by atoms with E-state index in [1.807, 2.05) is 6.07 Å². The Bertz CT molecular complexity index is 661. The number of fused-ring (bicyclic) bond motifs is 1. The molecule has 1 unspecified atom stereocenters. The summed E-state index contributed by atoms with van der Waals surface area (Å²) in [5.74, 6) is -0.967. The molecule has 3 heteroatoms. The molecular formula is C19H22O3. The van der Waals surface area contributed by atoms with Crippen molar-refractivity contribution in [3.05, 3.63) is 58.2 Å². The summed E-state index contributed by atoms with van der Waals surface area (Å²) in [5.41, 5.74) is 4.31. The number of carbonyl (C=O) groups excluding carboxylic acids is 2. The zero-order chi connectivity index (χ0) is 16.3. The van der Waals surface area contributed by atoms with Gasteiger partial charge < -0.3 is 5.11 Å². The molecule has 0 heterocycles. The van der Waals surface area contributed by atoms with E-state index in [-0.39, 0.29) is 0 Å². The highest BCUT2D eigenvalue weighted by Crippen LogP contribution is 2.24. The summed E-state index contributed by atoms with van der Waals surface area (Å²) in [6.45, 7) is 6.29. The molecule has 0 radical (unpaired) electrons. The van der Waals surface area contributed by atoms with Gasteiger partial charge in [-0.25, -0.2) is 0 Å². The van der Waals surface area contributed by atoms with Gasteiger partial charge in [-0.15, -0.1) is 0 Å². The van der Waals surface area contributed by atoms with Gasteiger partial charge in [-0.3, -0.25) is 9.59 Å². The predicted octanol–water partition coefficient (Wildman–Crippen LogP) is 3.66. The van der Waals surface area contributed by atoms with Crippen LogP contribution < -0.4 is 0 Å². The molecule has 0 saturated carbocycles. The Labute approximate surface area is 131 Å². The van der Waals surface area contributed by atoms with E-state index >= 15 is 0 Å². The highest BCUT2D eigenvalue weighted by molar-refractivity contribution is 6.28. The van der Waals surface area contributed by atoms with Crippen LogP contribution in [0.5, 0.6) is 0 Å². The smallest absolute Gasteiger partial charge is 0.200 e. The number of ketones is 2. The number of hydrogen-bond donors (Lipinski definition) is 1. The Kier molecular flexibility index (Phi) is 5.09. The molecule has 116 valence electrons. The van der Waals surface area contributed by atoms with Crippen LogP contribution in [0, 0.1) is 0 Å². The van der Waals surface area contributed by atoms with Crippen molar-refractivity contribution in [2.45, 2.75) is 46.1 Å². The second-order valence-corrected chi connectivity index (χ2v) is 6.09. The van der Waals surface area contributed by atoms with Gasteiger partial charge in [0, 0.05) is 11.1 Å². The minimum Gasteiger partial charge on any atom is -0.377 e. The number of Topliss-reactive ketones (excluding diaryl/α,β-unsaturated/α-hetero) is 2. The van der Waals surface area contributed by atoms with Crippen molar-refractivity contribution in [3.63, 3.8) is 0 Å². The summed E-state index contributed by atoms with van der Waals surface area (Å²) in [5, 5.41) is 9.52. The molecular weight excluding hydrogens is 276 g/mol. The van der Waals surface area contributed by atoms with E-state index in [2.05, 4.69) is 32.9 Å². The maximum atomic E-state index is 11.8. The first kappa shape index (κ1) is 16.4. The summed E-state index contributed by atoms with van der Waals surface area (Å²) in [6, 6.07) is 5.22. The van der Waals surface area contributed by atoms with Crippen molar-refractivity contribution in [2.24, 2.45) is 0 Å². The largest absolute Gasteiger partial charge is 0.377 e. The van der Waals surface area contributed by atoms with Crippen LogP contribution in [0.25, 0.3) is 0 Å². The lowest BCUT2D eigenvalue weighted by atomic mass is 10.0. The quantitative estimate of drug-likeness (QED) is 0.666. The average molecular weight is 298 g/mol. The van der Waals surface area contributed by atoms with Gasteiger partial charge >= 0.3 is 0 Å². The molecule has 1 aromatic carbocycles. The first-order valence-electron chi connectivity index (χ1n) is 7.58. The highest BCUT2D eigenvalue weighted by atomic mass is 16.3. The van der Waals surface area contributed by atoms with Gasteiger partial charge in [-0.2, -0.15) is 0 Å². The van der Waals surface area contributed by atoms with Crippen LogP contribution in [0.4, 0.5) is 0 Å². The third-order valence-electron chi connectivity index (χ3n) is 3.89. The third kappa shape index (κ3) is 3.60. The zero-order valence-electron chi connectivity index (χ0n) is 13.3. The fourth-order valence-electron chi connectivity index (χ4n) is 2.53. The molecule has 0 bridgehead atoms. The second-order valence-electron chi connectivity index (χ2n) is 6.09. The SMILES string of the molecule is CC(C)=CCC/C(C)=C/Cc1ccc2c(c1)C(=O)C(O)C2=O. The summed E-state index contributed by atoms with van der Waals surface area (Å²) in [7, 11) is 0. The normalized spacial score (nSPS) is 17.6. The average Bonchev–Trinajstić information content (AvgIpc) is 2.69. The fraction of sp³-hybridized carbons (Fsp3) is 0.368. The van der Waals surface area contributed by atoms with Gasteiger partial charge in [0.15, 0.2) is 17.7 Å². The van der Waals surface area contributed by atoms with Crippen LogP contribution in [0.15, 0.2) is 41.5 Å². The van der Waals surface area contributed by atoms with E-state index in [1.165, 1.54) is 11.1 Å². The lowest BCUT2D eigenvalue weighted by molar-refractivity contribution is 0.0663. The number of benzene rings is 1. The van der Waals surface area contributed by atoms with Crippen LogP contribution in [0.1, 0.15) is 59.9 Å². The van der Waals surface area contributed by atoms with Crippen LogP contribution in [-0.4, -0.2) is 22.8 Å². The zero-order valence-corrected chi connectivity index (χ0v) is 13.3. The Morgan fingerprint density at radius 1 is 1.09 bits per heavy atom. The van der Waals surface area contributed by atoms with E-state index in [0.29, 0.717) is 11.1 Å². The summed E-state index contributed by atoms with van der Waals surface area (Å²) < 4.78 is 0. The molecule has 1 aliphatic rings. The second kappa shape index (κ2) is 6.84. The topological polar surface area (TPSA) is 54.4 Å². The van der Waals surface area contributed by atoms with Crippen molar-refractivity contribution in [1.82, 2.24) is 0 Å². The molecule has 1 aliphatic carbocycles. The first-order valence-corrected chi connectivity index (χ1v) is 7.58. The molecule has 2 rings (SSSR count). The van der Waals surface area contributed by atoms with Gasteiger partial charge in [0.25, 0.3) is 0 Å². The number of rotatable bonds is 5. The van der Waals surface area contributed by atoms with Gasteiger partial charge in [0.05, 0.1) is 0 Å². The molecule has 1 N–H and O–H groups in total. The third-order valence-corrected chi connectivity index (χ3v) is 3.89. The summed E-state index contributed by atoms with van der Waals surface area (Å²) >= 11 is 0. The van der Waals surface area contributed by atoms with E-state index in [9.17, 15) is 14.7 Å². The molecule has 0 aliphatic heterocycles. The maximum absolute atomic E-state index is 11.8. The van der Waals surface area contributed by atoms with E-state index < -0.39 is 17.7 Å². The number of aliphatic hydroxyl groups is 1. The van der Waals surface area contributed by atoms with Gasteiger partial charge in [-0.05, 0) is 51.7 Å². The molecule has 1 aromatic rings. The summed E-state index contributed by atoms with van der Waals surface area (Å²) in [4.78, 5) is 23.5. The maximum Gasteiger partial charge on any atom is 0.200 e. The number of aliphatic hydroxyl groups excluding tert-OH is 1. The molecule has 0 spiro atoms. The van der Waals surface area contributed by atoms with Gasteiger partial charge in [0.2, 0.25) is 0 Å². The molecule has 1 atom stereocenters. The van der Waals surface area contributed by atoms with Crippen LogP contribution in [-0.2, 0) is 6.42 Å². The van der Waals surface area contributed by atoms with Crippen LogP contribution in [0.3, 0.4) is 0 Å². The number of hydrogen-bond acceptors (Lipinski definition) is 3. The summed E-state index contributed by atoms with van der Waals surface area (Å²) in [6.07, 6.45) is 5.65. The highest BCUT2D eigenvalue weighted by Gasteiger charge is 2.36. The van der Waals surface area contributed by atoms with Crippen molar-refractivity contribution in [2.75, 3.05) is 0 Å². The molecule has 0 aromatic heterocycles. The van der Waals surface area contributed by atoms with Gasteiger partial charge in [0.1, 0.15) is 0 Å². The first-order chi connectivity index (χ1) is 10.4.